The average molecular weight is 430 g/mol. The summed E-state index contributed by atoms with van der Waals surface area (Å²) in [5.74, 6) is -11.1. The smallest absolute Gasteiger partial charge is 0.308 e. The molecular formula is C16H11F5N6O3. The summed E-state index contributed by atoms with van der Waals surface area (Å²) in [6, 6.07) is 1.22. The Kier molecular flexibility index (Phi) is 5.49. The van der Waals surface area contributed by atoms with Crippen molar-refractivity contribution in [3.63, 3.8) is 0 Å². The van der Waals surface area contributed by atoms with Crippen LogP contribution in [0.5, 0.6) is 0 Å². The number of anilines is 1. The van der Waals surface area contributed by atoms with Crippen molar-refractivity contribution in [1.82, 2.24) is 19.6 Å². The second-order valence-corrected chi connectivity index (χ2v) is 6.03. The third kappa shape index (κ3) is 3.83. The van der Waals surface area contributed by atoms with Crippen LogP contribution in [0, 0.1) is 46.1 Å². The number of rotatable bonds is 6. The van der Waals surface area contributed by atoms with E-state index in [9.17, 15) is 36.9 Å². The van der Waals surface area contributed by atoms with Crippen molar-refractivity contribution in [3.05, 3.63) is 68.9 Å². The molecule has 1 amide bonds. The third-order valence-electron chi connectivity index (χ3n) is 4.10. The first-order valence-electron chi connectivity index (χ1n) is 8.10. The van der Waals surface area contributed by atoms with E-state index in [1.54, 1.807) is 0 Å². The van der Waals surface area contributed by atoms with Crippen LogP contribution in [0.1, 0.15) is 11.3 Å². The van der Waals surface area contributed by atoms with Gasteiger partial charge in [-0.25, -0.2) is 22.0 Å². The molecule has 0 atom stereocenters. The van der Waals surface area contributed by atoms with E-state index in [1.807, 2.05) is 0 Å². The van der Waals surface area contributed by atoms with Crippen LogP contribution in [0.2, 0.25) is 0 Å². The normalized spacial score (nSPS) is 11.0. The Morgan fingerprint density at radius 2 is 1.73 bits per heavy atom. The van der Waals surface area contributed by atoms with Crippen LogP contribution in [0.4, 0.5) is 33.5 Å². The Bertz CT molecular complexity index is 1130. The Morgan fingerprint density at radius 1 is 1.13 bits per heavy atom. The van der Waals surface area contributed by atoms with Crippen molar-refractivity contribution >= 4 is 17.4 Å². The van der Waals surface area contributed by atoms with E-state index in [-0.39, 0.29) is 23.7 Å². The molecule has 9 nitrogen and oxygen atoms in total. The van der Waals surface area contributed by atoms with Crippen LogP contribution in [-0.4, -0.2) is 30.4 Å². The maximum absolute atomic E-state index is 13.8. The Balaban J connectivity index is 1.72. The molecule has 0 saturated carbocycles. The summed E-state index contributed by atoms with van der Waals surface area (Å²) in [6.45, 7) is 0.230. The first kappa shape index (κ1) is 20.9. The summed E-state index contributed by atoms with van der Waals surface area (Å²) in [5.41, 5.74) is -1.21. The highest BCUT2D eigenvalue weighted by molar-refractivity contribution is 5.89. The molecule has 0 aliphatic rings. The first-order valence-corrected chi connectivity index (χ1v) is 8.10. The molecule has 158 valence electrons. The topological polar surface area (TPSA) is 108 Å². The van der Waals surface area contributed by atoms with E-state index >= 15 is 0 Å². The minimum atomic E-state index is -2.27. The fraction of sp³-hybridized carbons (Fsp3) is 0.188. The summed E-state index contributed by atoms with van der Waals surface area (Å²) in [4.78, 5) is 22.2. The fourth-order valence-corrected chi connectivity index (χ4v) is 2.56. The van der Waals surface area contributed by atoms with E-state index in [2.05, 4.69) is 15.5 Å². The molecule has 3 rings (SSSR count). The lowest BCUT2D eigenvalue weighted by Crippen LogP contribution is -2.20. The molecule has 30 heavy (non-hydrogen) atoms. The largest absolute Gasteiger partial charge is 0.309 e. The summed E-state index contributed by atoms with van der Waals surface area (Å²) >= 11 is 0. The van der Waals surface area contributed by atoms with Crippen molar-refractivity contribution in [2.75, 3.05) is 5.32 Å². The van der Waals surface area contributed by atoms with Crippen LogP contribution in [0.15, 0.2) is 18.5 Å². The lowest BCUT2D eigenvalue weighted by molar-refractivity contribution is -0.385. The molecule has 0 fully saturated rings. The van der Waals surface area contributed by atoms with Crippen molar-refractivity contribution in [2.24, 2.45) is 0 Å². The number of nitrogens with one attached hydrogen (secondary N) is 1. The molecule has 0 spiro atoms. The lowest BCUT2D eigenvalue weighted by atomic mass is 10.1. The van der Waals surface area contributed by atoms with E-state index in [0.717, 1.165) is 21.8 Å². The number of nitrogens with zero attached hydrogens (tertiary/aromatic N) is 5. The second-order valence-electron chi connectivity index (χ2n) is 6.03. The lowest BCUT2D eigenvalue weighted by Gasteiger charge is -2.08. The van der Waals surface area contributed by atoms with Crippen LogP contribution in [0.3, 0.4) is 0 Å². The Morgan fingerprint density at radius 3 is 2.30 bits per heavy atom. The summed E-state index contributed by atoms with van der Waals surface area (Å²) in [5, 5.41) is 20.6. The van der Waals surface area contributed by atoms with Crippen LogP contribution < -0.4 is 5.32 Å². The van der Waals surface area contributed by atoms with Gasteiger partial charge in [-0.2, -0.15) is 10.2 Å². The Hall–Kier alpha value is -3.84. The maximum Gasteiger partial charge on any atom is 0.309 e. The van der Waals surface area contributed by atoms with Gasteiger partial charge in [0.15, 0.2) is 29.1 Å². The molecule has 0 unspecified atom stereocenters. The van der Waals surface area contributed by atoms with Crippen LogP contribution in [-0.2, 0) is 17.9 Å². The van der Waals surface area contributed by atoms with Crippen molar-refractivity contribution in [1.29, 1.82) is 0 Å². The van der Waals surface area contributed by atoms with Gasteiger partial charge in [-0.1, -0.05) is 0 Å². The van der Waals surface area contributed by atoms with Gasteiger partial charge in [0.05, 0.1) is 17.0 Å². The minimum Gasteiger partial charge on any atom is -0.308 e. The number of aromatic nitrogens is 4. The highest BCUT2D eigenvalue weighted by Crippen LogP contribution is 2.24. The van der Waals surface area contributed by atoms with Gasteiger partial charge < -0.3 is 5.32 Å². The third-order valence-corrected chi connectivity index (χ3v) is 4.10. The first-order chi connectivity index (χ1) is 14.1. The molecule has 0 radical (unpaired) electrons. The quantitative estimate of drug-likeness (QED) is 0.213. The molecule has 0 saturated heterocycles. The zero-order chi connectivity index (χ0) is 22.2. The number of carbonyl (C=O) groups excluding carboxylic acids is 1. The minimum absolute atomic E-state index is 0.0804. The average Bonchev–Trinajstić information content (AvgIpc) is 3.28. The molecule has 0 aliphatic carbocycles. The van der Waals surface area contributed by atoms with Crippen molar-refractivity contribution < 1.29 is 31.7 Å². The molecule has 2 aromatic heterocycles. The predicted octanol–water partition coefficient (Wildman–Crippen LogP) is 2.68. The zero-order valence-electron chi connectivity index (χ0n) is 15.0. The number of carbonyl (C=O) groups is 1. The summed E-state index contributed by atoms with van der Waals surface area (Å²) < 4.78 is 69.1. The van der Waals surface area contributed by atoms with Crippen molar-refractivity contribution in [2.45, 2.75) is 20.0 Å². The standard InChI is InChI=1S/C16H11F5N6O3/c1-7-9(27(29)30)4-22-26(7)6-11(28)23-10-2-3-25(24-10)5-8-12(17)14(19)16(21)15(20)13(8)18/h2-4H,5-6H2,1H3,(H,23,24,28). The number of benzene rings is 1. The van der Waals surface area contributed by atoms with Gasteiger partial charge in [0.25, 0.3) is 0 Å². The maximum atomic E-state index is 13.8. The summed E-state index contributed by atoms with van der Waals surface area (Å²) in [7, 11) is 0. The van der Waals surface area contributed by atoms with Gasteiger partial charge >= 0.3 is 5.69 Å². The van der Waals surface area contributed by atoms with Gasteiger partial charge in [0, 0.05) is 12.3 Å². The zero-order valence-corrected chi connectivity index (χ0v) is 15.0. The number of hydrogen-bond donors (Lipinski definition) is 1. The number of nitro groups is 1. The fourth-order valence-electron chi connectivity index (χ4n) is 2.56. The van der Waals surface area contributed by atoms with Gasteiger partial charge in [-0.3, -0.25) is 24.3 Å². The molecule has 0 aliphatic heterocycles. The predicted molar refractivity (Wildman–Crippen MR) is 89.8 cm³/mol. The SMILES string of the molecule is Cc1c([N+](=O)[O-])cnn1CC(=O)Nc1ccn(Cc2c(F)c(F)c(F)c(F)c2F)n1. The number of halogens is 5. The van der Waals surface area contributed by atoms with Gasteiger partial charge in [0.1, 0.15) is 18.4 Å². The second kappa shape index (κ2) is 7.88. The van der Waals surface area contributed by atoms with E-state index in [4.69, 9.17) is 0 Å². The molecule has 1 N–H and O–H groups in total. The van der Waals surface area contributed by atoms with Gasteiger partial charge in [0.2, 0.25) is 11.7 Å². The molecule has 0 bridgehead atoms. The highest BCUT2D eigenvalue weighted by Gasteiger charge is 2.26. The number of hydrogen-bond acceptors (Lipinski definition) is 5. The number of amides is 1. The van der Waals surface area contributed by atoms with E-state index in [1.165, 1.54) is 13.0 Å². The van der Waals surface area contributed by atoms with Gasteiger partial charge in [-0.15, -0.1) is 0 Å². The molecular weight excluding hydrogens is 419 g/mol. The van der Waals surface area contributed by atoms with Gasteiger partial charge in [-0.05, 0) is 6.92 Å². The Labute approximate surface area is 163 Å². The molecule has 1 aromatic carbocycles. The van der Waals surface area contributed by atoms with E-state index < -0.39 is 52.0 Å². The van der Waals surface area contributed by atoms with Crippen molar-refractivity contribution in [3.8, 4) is 0 Å². The summed E-state index contributed by atoms with van der Waals surface area (Å²) in [6.07, 6.45) is 2.14. The van der Waals surface area contributed by atoms with E-state index in [0.29, 0.717) is 0 Å². The highest BCUT2D eigenvalue weighted by atomic mass is 19.2. The molecule has 3 aromatic rings. The molecule has 2 heterocycles. The monoisotopic (exact) mass is 430 g/mol. The van der Waals surface area contributed by atoms with Crippen LogP contribution in [0.25, 0.3) is 0 Å². The molecule has 14 heteroatoms. The van der Waals surface area contributed by atoms with Crippen LogP contribution >= 0.6 is 0 Å².